The van der Waals surface area contributed by atoms with Gasteiger partial charge in [0.2, 0.25) is 5.91 Å². The molecule has 5 nitrogen and oxygen atoms in total. The summed E-state index contributed by atoms with van der Waals surface area (Å²) in [6.07, 6.45) is 4.09. The predicted molar refractivity (Wildman–Crippen MR) is 105 cm³/mol. The van der Waals surface area contributed by atoms with E-state index in [9.17, 15) is 4.79 Å². The van der Waals surface area contributed by atoms with Gasteiger partial charge < -0.3 is 10.2 Å². The summed E-state index contributed by atoms with van der Waals surface area (Å²) in [5, 5.41) is 11.9. The number of piperidine rings is 1. The van der Waals surface area contributed by atoms with Crippen LogP contribution in [-0.4, -0.2) is 35.7 Å². The molecule has 1 saturated heterocycles. The van der Waals surface area contributed by atoms with Crippen molar-refractivity contribution in [2.75, 3.05) is 24.5 Å². The lowest BCUT2D eigenvalue weighted by Crippen LogP contribution is -2.43. The van der Waals surface area contributed by atoms with E-state index in [0.717, 1.165) is 62.4 Å². The van der Waals surface area contributed by atoms with E-state index in [0.29, 0.717) is 0 Å². The summed E-state index contributed by atoms with van der Waals surface area (Å²) in [5.74, 6) is 1.07. The summed E-state index contributed by atoms with van der Waals surface area (Å²) in [4.78, 5) is 14.5. The van der Waals surface area contributed by atoms with Crippen molar-refractivity contribution in [2.45, 2.75) is 39.5 Å². The Balaban J connectivity index is 1.65. The molecule has 2 aromatic rings. The molecule has 0 bridgehead atoms. The average molecular weight is 352 g/mol. The number of hydrogen-bond acceptors (Lipinski definition) is 4. The molecule has 2 heterocycles. The number of hydrogen-bond donors (Lipinski definition) is 1. The topological polar surface area (TPSA) is 58.1 Å². The van der Waals surface area contributed by atoms with Gasteiger partial charge in [0.15, 0.2) is 5.82 Å². The fraction of sp³-hybridized carbons (Fsp3) is 0.476. The smallest absolute Gasteiger partial charge is 0.224 e. The van der Waals surface area contributed by atoms with Crippen LogP contribution in [0, 0.1) is 12.8 Å². The predicted octanol–water partition coefficient (Wildman–Crippen LogP) is 3.58. The van der Waals surface area contributed by atoms with Gasteiger partial charge in [-0.3, -0.25) is 4.79 Å². The first kappa shape index (κ1) is 18.4. The molecule has 1 aromatic carbocycles. The molecule has 1 fully saturated rings. The molecule has 1 amide bonds. The largest absolute Gasteiger partial charge is 0.356 e. The standard InChI is InChI=1S/C21H28N4O/c1-3-4-13-22-21(26)17-9-7-14-25(15-17)20-12-11-19(23-24-20)18-10-6-5-8-16(18)2/h5-6,8,10-12,17H,3-4,7,9,13-15H2,1-2H3,(H,22,26). The van der Waals surface area contributed by atoms with Crippen molar-refractivity contribution in [2.24, 2.45) is 5.92 Å². The highest BCUT2D eigenvalue weighted by atomic mass is 16.1. The van der Waals surface area contributed by atoms with Crippen molar-refractivity contribution in [3.05, 3.63) is 42.0 Å². The number of carbonyl (C=O) groups excluding carboxylic acids is 1. The van der Waals surface area contributed by atoms with E-state index in [2.05, 4.69) is 46.4 Å². The quantitative estimate of drug-likeness (QED) is 0.807. The van der Waals surface area contributed by atoms with Crippen molar-refractivity contribution in [3.63, 3.8) is 0 Å². The van der Waals surface area contributed by atoms with E-state index in [1.165, 1.54) is 5.56 Å². The van der Waals surface area contributed by atoms with Gasteiger partial charge in [0.1, 0.15) is 0 Å². The van der Waals surface area contributed by atoms with E-state index < -0.39 is 0 Å². The second-order valence-corrected chi connectivity index (χ2v) is 7.02. The third-order valence-electron chi connectivity index (χ3n) is 5.02. The number of aryl methyl sites for hydroxylation is 1. The third kappa shape index (κ3) is 4.40. The Morgan fingerprint density at radius 1 is 1.23 bits per heavy atom. The van der Waals surface area contributed by atoms with Crippen molar-refractivity contribution in [1.82, 2.24) is 15.5 Å². The minimum absolute atomic E-state index is 0.0402. The second-order valence-electron chi connectivity index (χ2n) is 7.02. The highest BCUT2D eigenvalue weighted by molar-refractivity contribution is 5.79. The highest BCUT2D eigenvalue weighted by Gasteiger charge is 2.26. The molecule has 0 aliphatic carbocycles. The lowest BCUT2D eigenvalue weighted by atomic mass is 9.97. The zero-order valence-corrected chi connectivity index (χ0v) is 15.7. The number of aromatic nitrogens is 2. The van der Waals surface area contributed by atoms with Crippen LogP contribution in [0.15, 0.2) is 36.4 Å². The van der Waals surface area contributed by atoms with Crippen molar-refractivity contribution >= 4 is 11.7 Å². The van der Waals surface area contributed by atoms with Crippen LogP contribution in [0.5, 0.6) is 0 Å². The lowest BCUT2D eigenvalue weighted by Gasteiger charge is -2.32. The Morgan fingerprint density at radius 3 is 2.81 bits per heavy atom. The van der Waals surface area contributed by atoms with Crippen LogP contribution in [0.1, 0.15) is 38.2 Å². The summed E-state index contributed by atoms with van der Waals surface area (Å²) in [7, 11) is 0. The number of carbonyl (C=O) groups is 1. The molecule has 1 atom stereocenters. The molecule has 0 saturated carbocycles. The van der Waals surface area contributed by atoms with Gasteiger partial charge in [-0.2, -0.15) is 0 Å². The van der Waals surface area contributed by atoms with Gasteiger partial charge in [0.25, 0.3) is 0 Å². The molecule has 3 rings (SSSR count). The Labute approximate surface area is 155 Å². The number of benzene rings is 1. The molecule has 1 aliphatic rings. The van der Waals surface area contributed by atoms with E-state index in [1.807, 2.05) is 24.3 Å². The zero-order chi connectivity index (χ0) is 18.4. The second kappa shape index (κ2) is 8.79. The molecule has 1 aromatic heterocycles. The van der Waals surface area contributed by atoms with Gasteiger partial charge in [-0.05, 0) is 43.9 Å². The first-order chi connectivity index (χ1) is 12.7. The van der Waals surface area contributed by atoms with E-state index in [4.69, 9.17) is 0 Å². The molecule has 1 unspecified atom stereocenters. The maximum absolute atomic E-state index is 12.4. The van der Waals surface area contributed by atoms with Gasteiger partial charge in [-0.15, -0.1) is 10.2 Å². The minimum atomic E-state index is 0.0402. The molecule has 138 valence electrons. The van der Waals surface area contributed by atoms with Crippen molar-refractivity contribution < 1.29 is 4.79 Å². The molecule has 0 spiro atoms. The summed E-state index contributed by atoms with van der Waals surface area (Å²) in [6, 6.07) is 12.2. The van der Waals surface area contributed by atoms with E-state index >= 15 is 0 Å². The van der Waals surface area contributed by atoms with Gasteiger partial charge >= 0.3 is 0 Å². The van der Waals surface area contributed by atoms with E-state index in [1.54, 1.807) is 0 Å². The van der Waals surface area contributed by atoms with Crippen molar-refractivity contribution in [1.29, 1.82) is 0 Å². The van der Waals surface area contributed by atoms with Crippen molar-refractivity contribution in [3.8, 4) is 11.3 Å². The molecular weight excluding hydrogens is 324 g/mol. The van der Waals surface area contributed by atoms with Crippen LogP contribution in [0.4, 0.5) is 5.82 Å². The Morgan fingerprint density at radius 2 is 2.08 bits per heavy atom. The van der Waals surface area contributed by atoms with Gasteiger partial charge in [-0.25, -0.2) is 0 Å². The summed E-state index contributed by atoms with van der Waals surface area (Å²) >= 11 is 0. The maximum Gasteiger partial charge on any atom is 0.224 e. The number of nitrogens with one attached hydrogen (secondary N) is 1. The molecule has 1 N–H and O–H groups in total. The zero-order valence-electron chi connectivity index (χ0n) is 15.7. The SMILES string of the molecule is CCCCNC(=O)C1CCCN(c2ccc(-c3ccccc3C)nn2)C1. The highest BCUT2D eigenvalue weighted by Crippen LogP contribution is 2.24. The summed E-state index contributed by atoms with van der Waals surface area (Å²) in [6.45, 7) is 6.63. The molecular formula is C21H28N4O. The number of unbranched alkanes of at least 4 members (excludes halogenated alkanes) is 1. The van der Waals surface area contributed by atoms with Crippen LogP contribution in [0.3, 0.4) is 0 Å². The molecule has 1 aliphatic heterocycles. The van der Waals surface area contributed by atoms with Crippen LogP contribution in [0.2, 0.25) is 0 Å². The molecule has 0 radical (unpaired) electrons. The first-order valence-electron chi connectivity index (χ1n) is 9.61. The summed E-state index contributed by atoms with van der Waals surface area (Å²) in [5.41, 5.74) is 3.19. The number of amides is 1. The Hall–Kier alpha value is -2.43. The average Bonchev–Trinajstić information content (AvgIpc) is 2.69. The Bertz CT molecular complexity index is 729. The summed E-state index contributed by atoms with van der Waals surface area (Å²) < 4.78 is 0. The molecule has 26 heavy (non-hydrogen) atoms. The van der Waals surface area contributed by atoms with Crippen LogP contribution < -0.4 is 10.2 Å². The van der Waals surface area contributed by atoms with Gasteiger partial charge in [0.05, 0.1) is 11.6 Å². The number of nitrogens with zero attached hydrogens (tertiary/aromatic N) is 3. The normalized spacial score (nSPS) is 17.2. The van der Waals surface area contributed by atoms with Gasteiger partial charge in [-0.1, -0.05) is 37.6 Å². The Kier molecular flexibility index (Phi) is 6.21. The molecule has 5 heteroatoms. The maximum atomic E-state index is 12.4. The third-order valence-corrected chi connectivity index (χ3v) is 5.02. The van der Waals surface area contributed by atoms with Crippen LogP contribution in [0.25, 0.3) is 11.3 Å². The minimum Gasteiger partial charge on any atom is -0.356 e. The van der Waals surface area contributed by atoms with E-state index in [-0.39, 0.29) is 11.8 Å². The number of rotatable bonds is 6. The number of anilines is 1. The lowest BCUT2D eigenvalue weighted by molar-refractivity contribution is -0.125. The van der Waals surface area contributed by atoms with Crippen LogP contribution >= 0.6 is 0 Å². The van der Waals surface area contributed by atoms with Crippen LogP contribution in [-0.2, 0) is 4.79 Å². The first-order valence-corrected chi connectivity index (χ1v) is 9.61. The fourth-order valence-electron chi connectivity index (χ4n) is 3.43. The van der Waals surface area contributed by atoms with Gasteiger partial charge in [0, 0.05) is 25.2 Å². The fourth-order valence-corrected chi connectivity index (χ4v) is 3.43. The monoisotopic (exact) mass is 352 g/mol.